The summed E-state index contributed by atoms with van der Waals surface area (Å²) in [5.74, 6) is 0.748. The van der Waals surface area contributed by atoms with E-state index in [0.717, 1.165) is 11.3 Å². The van der Waals surface area contributed by atoms with Crippen molar-refractivity contribution in [3.63, 3.8) is 0 Å². The van der Waals surface area contributed by atoms with E-state index < -0.39 is 5.97 Å². The number of rotatable bonds is 6. The second-order valence-corrected chi connectivity index (χ2v) is 7.30. The Labute approximate surface area is 166 Å². The van der Waals surface area contributed by atoms with Crippen molar-refractivity contribution in [3.05, 3.63) is 64.7 Å². The zero-order valence-electron chi connectivity index (χ0n) is 16.9. The fourth-order valence-electron chi connectivity index (χ4n) is 2.63. The van der Waals surface area contributed by atoms with E-state index in [-0.39, 0.29) is 11.0 Å². The van der Waals surface area contributed by atoms with Crippen molar-refractivity contribution in [2.24, 2.45) is 0 Å². The van der Waals surface area contributed by atoms with Crippen molar-refractivity contribution in [2.45, 2.75) is 32.8 Å². The molecule has 2 aromatic carbocycles. The molecule has 28 heavy (non-hydrogen) atoms. The van der Waals surface area contributed by atoms with E-state index in [9.17, 15) is 4.79 Å². The highest BCUT2D eigenvalue weighted by Gasteiger charge is 2.13. The van der Waals surface area contributed by atoms with E-state index in [1.807, 2.05) is 24.3 Å². The van der Waals surface area contributed by atoms with Crippen LogP contribution in [0.15, 0.2) is 48.0 Å². The number of hydrogen-bond acceptors (Lipinski definition) is 5. The first kappa shape index (κ1) is 21.0. The highest BCUT2D eigenvalue weighted by atomic mass is 16.5. The molecule has 0 atom stereocenters. The molecule has 0 amide bonds. The topological polar surface area (TPSA) is 68.6 Å². The summed E-state index contributed by atoms with van der Waals surface area (Å²) in [6, 6.07) is 15.2. The third-order valence-electron chi connectivity index (χ3n) is 4.26. The molecule has 0 radical (unpaired) electrons. The van der Waals surface area contributed by atoms with E-state index in [2.05, 4.69) is 37.6 Å². The van der Waals surface area contributed by atoms with Gasteiger partial charge in [-0.2, -0.15) is 5.26 Å². The van der Waals surface area contributed by atoms with E-state index in [1.165, 1.54) is 18.7 Å². The number of carbonyl (C=O) groups excluding carboxylic acids is 1. The lowest BCUT2D eigenvalue weighted by Crippen LogP contribution is -2.10. The normalized spacial score (nSPS) is 11.5. The maximum absolute atomic E-state index is 11.6. The van der Waals surface area contributed by atoms with Crippen molar-refractivity contribution in [3.8, 4) is 17.6 Å². The minimum atomic E-state index is -0.671. The summed E-state index contributed by atoms with van der Waals surface area (Å²) < 4.78 is 15.9. The molecule has 0 spiro atoms. The first-order valence-electron chi connectivity index (χ1n) is 8.89. The third kappa shape index (κ3) is 5.37. The van der Waals surface area contributed by atoms with Crippen LogP contribution in [0.1, 0.15) is 37.5 Å². The van der Waals surface area contributed by atoms with Crippen LogP contribution in [0.25, 0.3) is 6.08 Å². The molecule has 0 heterocycles. The zero-order chi connectivity index (χ0) is 20.7. The van der Waals surface area contributed by atoms with E-state index in [4.69, 9.17) is 14.7 Å². The molecule has 0 unspecified atom stereocenters. The van der Waals surface area contributed by atoms with Crippen LogP contribution in [0.5, 0.6) is 11.5 Å². The third-order valence-corrected chi connectivity index (χ3v) is 4.26. The first-order valence-corrected chi connectivity index (χ1v) is 8.89. The number of nitrogens with zero attached hydrogens (tertiary/aromatic N) is 1. The largest absolute Gasteiger partial charge is 0.496 e. The molecule has 2 rings (SSSR count). The smallest absolute Gasteiger partial charge is 0.348 e. The van der Waals surface area contributed by atoms with Gasteiger partial charge in [0.25, 0.3) is 0 Å². The molecule has 0 bridgehead atoms. The van der Waals surface area contributed by atoms with Crippen LogP contribution in [0, 0.1) is 11.3 Å². The molecular weight excluding hydrogens is 354 g/mol. The Morgan fingerprint density at radius 2 is 1.79 bits per heavy atom. The summed E-state index contributed by atoms with van der Waals surface area (Å²) in [5.41, 5.74) is 2.73. The van der Waals surface area contributed by atoms with Gasteiger partial charge < -0.3 is 14.2 Å². The Balaban J connectivity index is 2.22. The number of hydrogen-bond donors (Lipinski definition) is 0. The maximum atomic E-state index is 11.6. The van der Waals surface area contributed by atoms with Crippen molar-refractivity contribution in [1.82, 2.24) is 0 Å². The molecule has 0 aromatic heterocycles. The second kappa shape index (κ2) is 9.09. The molecule has 2 aromatic rings. The molecule has 0 saturated heterocycles. The molecule has 0 saturated carbocycles. The zero-order valence-corrected chi connectivity index (χ0v) is 16.9. The molecule has 5 heteroatoms. The van der Waals surface area contributed by atoms with Crippen molar-refractivity contribution in [2.75, 3.05) is 14.2 Å². The molecule has 0 aliphatic rings. The van der Waals surface area contributed by atoms with Gasteiger partial charge in [0.2, 0.25) is 0 Å². The molecule has 0 fully saturated rings. The average Bonchev–Trinajstić information content (AvgIpc) is 2.69. The molecule has 5 nitrogen and oxygen atoms in total. The van der Waals surface area contributed by atoms with Crippen LogP contribution in [0.2, 0.25) is 0 Å². The van der Waals surface area contributed by atoms with Gasteiger partial charge in [0.15, 0.2) is 0 Å². The van der Waals surface area contributed by atoms with Gasteiger partial charge >= 0.3 is 5.97 Å². The van der Waals surface area contributed by atoms with Crippen molar-refractivity contribution in [1.29, 1.82) is 5.26 Å². The lowest BCUT2D eigenvalue weighted by molar-refractivity contribution is -0.135. The lowest BCUT2D eigenvalue weighted by Gasteiger charge is -2.19. The molecule has 0 aliphatic carbocycles. The van der Waals surface area contributed by atoms with E-state index in [1.54, 1.807) is 19.2 Å². The Morgan fingerprint density at radius 3 is 2.32 bits per heavy atom. The minimum absolute atomic E-state index is 0.0719. The van der Waals surface area contributed by atoms with Gasteiger partial charge in [-0.1, -0.05) is 39.0 Å². The highest BCUT2D eigenvalue weighted by Crippen LogP contribution is 2.26. The monoisotopic (exact) mass is 379 g/mol. The van der Waals surface area contributed by atoms with Crippen LogP contribution < -0.4 is 9.47 Å². The van der Waals surface area contributed by atoms with Gasteiger partial charge in [0, 0.05) is 5.56 Å². The van der Waals surface area contributed by atoms with Gasteiger partial charge in [-0.15, -0.1) is 0 Å². The maximum Gasteiger partial charge on any atom is 0.348 e. The average molecular weight is 379 g/mol. The number of esters is 1. The minimum Gasteiger partial charge on any atom is -0.496 e. The number of nitriles is 1. The van der Waals surface area contributed by atoms with Crippen molar-refractivity contribution < 1.29 is 19.0 Å². The first-order chi connectivity index (χ1) is 13.3. The van der Waals surface area contributed by atoms with Crippen LogP contribution in [0.3, 0.4) is 0 Å². The van der Waals surface area contributed by atoms with E-state index in [0.29, 0.717) is 17.9 Å². The van der Waals surface area contributed by atoms with Gasteiger partial charge in [-0.25, -0.2) is 4.79 Å². The van der Waals surface area contributed by atoms with E-state index >= 15 is 0 Å². The van der Waals surface area contributed by atoms with Crippen LogP contribution in [-0.4, -0.2) is 20.2 Å². The summed E-state index contributed by atoms with van der Waals surface area (Å²) in [6.45, 7) is 6.78. The van der Waals surface area contributed by atoms with Gasteiger partial charge in [0.05, 0.1) is 14.2 Å². The Bertz CT molecular complexity index is 900. The van der Waals surface area contributed by atoms with Gasteiger partial charge in [-0.3, -0.25) is 0 Å². The fraction of sp³-hybridized carbons (Fsp3) is 0.304. The molecule has 0 N–H and O–H groups in total. The van der Waals surface area contributed by atoms with Crippen molar-refractivity contribution >= 4 is 12.0 Å². The lowest BCUT2D eigenvalue weighted by atomic mass is 9.87. The SMILES string of the molecule is COC(=O)/C(C#N)=C/c1ccc(OC)c(COc2ccc(C(C)(C)C)cc2)c1. The number of methoxy groups -OCH3 is 2. The van der Waals surface area contributed by atoms with Gasteiger partial charge in [0.1, 0.15) is 29.7 Å². The summed E-state index contributed by atoms with van der Waals surface area (Å²) in [4.78, 5) is 11.6. The summed E-state index contributed by atoms with van der Waals surface area (Å²) >= 11 is 0. The molecular formula is C23H25NO4. The predicted octanol–water partition coefficient (Wildman–Crippen LogP) is 4.65. The summed E-state index contributed by atoms with van der Waals surface area (Å²) in [6.07, 6.45) is 1.48. The number of carbonyl (C=O) groups is 1. The van der Waals surface area contributed by atoms with Crippen LogP contribution in [0.4, 0.5) is 0 Å². The Morgan fingerprint density at radius 1 is 1.11 bits per heavy atom. The predicted molar refractivity (Wildman–Crippen MR) is 108 cm³/mol. The summed E-state index contributed by atoms with van der Waals surface area (Å²) in [7, 11) is 2.83. The number of ether oxygens (including phenoxy) is 3. The second-order valence-electron chi connectivity index (χ2n) is 7.30. The Kier molecular flexibility index (Phi) is 6.84. The summed E-state index contributed by atoms with van der Waals surface area (Å²) in [5, 5.41) is 9.12. The molecule has 146 valence electrons. The highest BCUT2D eigenvalue weighted by molar-refractivity contribution is 5.97. The standard InChI is InChI=1S/C23H25NO4/c1-23(2,3)19-7-9-20(10-8-19)28-15-18-13-16(6-11-21(18)26-4)12-17(14-24)22(25)27-5/h6-13H,15H2,1-5H3/b17-12+. The number of benzene rings is 2. The van der Waals surface area contributed by atoms with Crippen LogP contribution in [-0.2, 0) is 21.6 Å². The molecule has 0 aliphatic heterocycles. The fourth-order valence-corrected chi connectivity index (χ4v) is 2.63. The van der Waals surface area contributed by atoms with Crippen LogP contribution >= 0.6 is 0 Å². The Hall–Kier alpha value is -3.26. The van der Waals surface area contributed by atoms with Gasteiger partial charge in [-0.05, 0) is 46.9 Å². The quantitative estimate of drug-likeness (QED) is 0.415.